The Balaban J connectivity index is 2.83. The van der Waals surface area contributed by atoms with E-state index in [1.807, 2.05) is 0 Å². The third-order valence-corrected chi connectivity index (χ3v) is 1.06. The van der Waals surface area contributed by atoms with Gasteiger partial charge in [-0.3, -0.25) is 0 Å². The van der Waals surface area contributed by atoms with Crippen molar-refractivity contribution in [1.82, 2.24) is 0 Å². The lowest BCUT2D eigenvalue weighted by Crippen LogP contribution is -1.61. The van der Waals surface area contributed by atoms with E-state index in [1.54, 1.807) is 0 Å². The molecular formula is C5H9I. The molecule has 0 rings (SSSR count). The first-order valence-corrected chi connectivity index (χ1v) is 3.18. The van der Waals surface area contributed by atoms with Crippen LogP contribution in [0.2, 0.25) is 0 Å². The zero-order valence-electron chi connectivity index (χ0n) is 4.00. The first kappa shape index (κ1) is 6.47. The van der Waals surface area contributed by atoms with E-state index in [9.17, 15) is 0 Å². The highest BCUT2D eigenvalue weighted by molar-refractivity contribution is 14.1. The smallest absolute Gasteiger partial charge is 0.0166 e. The molecule has 0 aromatic rings. The molecule has 0 fully saturated rings. The largest absolute Gasteiger partial charge is 0.0897 e. The number of hydrogen-bond donors (Lipinski definition) is 0. The predicted octanol–water partition coefficient (Wildman–Crippen LogP) is 2.74. The molecule has 0 amide bonds. The van der Waals surface area contributed by atoms with Gasteiger partial charge in [-0.15, -0.1) is 0 Å². The highest BCUT2D eigenvalue weighted by atomic mass is 127. The Morgan fingerprint density at radius 3 is 2.33 bits per heavy atom. The van der Waals surface area contributed by atoms with E-state index in [0.29, 0.717) is 0 Å². The van der Waals surface area contributed by atoms with Gasteiger partial charge in [-0.05, 0) is 32.6 Å². The third kappa shape index (κ3) is 4.47. The Bertz CT molecular complexity index is 47.9. The van der Waals surface area contributed by atoms with Crippen LogP contribution in [0.15, 0.2) is 10.2 Å². The van der Waals surface area contributed by atoms with Crippen molar-refractivity contribution in [3.05, 3.63) is 10.2 Å². The predicted molar refractivity (Wildman–Crippen MR) is 38.1 cm³/mol. The Labute approximate surface area is 52.8 Å². The summed E-state index contributed by atoms with van der Waals surface area (Å²) in [5.74, 6) is 0. The van der Waals surface area contributed by atoms with Gasteiger partial charge in [-0.25, -0.2) is 0 Å². The van der Waals surface area contributed by atoms with Crippen LogP contribution in [0.3, 0.4) is 0 Å². The molecule has 0 N–H and O–H groups in total. The Morgan fingerprint density at radius 2 is 2.33 bits per heavy atom. The van der Waals surface area contributed by atoms with E-state index >= 15 is 0 Å². The van der Waals surface area contributed by atoms with Crippen LogP contribution in [0.1, 0.15) is 19.8 Å². The van der Waals surface area contributed by atoms with Crippen molar-refractivity contribution in [3.8, 4) is 0 Å². The van der Waals surface area contributed by atoms with Crippen LogP contribution < -0.4 is 0 Å². The van der Waals surface area contributed by atoms with Gasteiger partial charge < -0.3 is 0 Å². The minimum absolute atomic E-state index is 1.17. The molecule has 0 unspecified atom stereocenters. The molecule has 0 aliphatic rings. The molecule has 0 bridgehead atoms. The maximum atomic E-state index is 3.73. The van der Waals surface area contributed by atoms with Crippen LogP contribution >= 0.6 is 22.6 Å². The standard InChI is InChI=1S/C5H9I/c1-3-4-5(2)6/h2-4H2,1H3. The van der Waals surface area contributed by atoms with E-state index in [2.05, 4.69) is 36.1 Å². The minimum Gasteiger partial charge on any atom is -0.0897 e. The van der Waals surface area contributed by atoms with Crippen molar-refractivity contribution in [1.29, 1.82) is 0 Å². The maximum absolute atomic E-state index is 3.73. The molecule has 0 aromatic heterocycles. The maximum Gasteiger partial charge on any atom is -0.0166 e. The average Bonchev–Trinajstić information content (AvgIpc) is 1.35. The summed E-state index contributed by atoms with van der Waals surface area (Å²) in [6.45, 7) is 5.89. The number of halogens is 1. The summed E-state index contributed by atoms with van der Waals surface area (Å²) in [6, 6.07) is 0. The van der Waals surface area contributed by atoms with Crippen molar-refractivity contribution >= 4 is 22.6 Å². The highest BCUT2D eigenvalue weighted by Gasteiger charge is 1.78. The summed E-state index contributed by atoms with van der Waals surface area (Å²) in [5, 5.41) is 0. The van der Waals surface area contributed by atoms with E-state index in [-0.39, 0.29) is 0 Å². The van der Waals surface area contributed by atoms with E-state index in [4.69, 9.17) is 0 Å². The SMILES string of the molecule is C=C(I)CCC. The van der Waals surface area contributed by atoms with Crippen molar-refractivity contribution in [3.63, 3.8) is 0 Å². The van der Waals surface area contributed by atoms with E-state index in [0.717, 1.165) is 0 Å². The van der Waals surface area contributed by atoms with E-state index < -0.39 is 0 Å². The Hall–Kier alpha value is 0.470. The van der Waals surface area contributed by atoms with Gasteiger partial charge >= 0.3 is 0 Å². The zero-order valence-corrected chi connectivity index (χ0v) is 6.16. The lowest BCUT2D eigenvalue weighted by Gasteiger charge is -1.85. The lowest BCUT2D eigenvalue weighted by atomic mass is 10.3. The summed E-state index contributed by atoms with van der Waals surface area (Å²) < 4.78 is 1.26. The molecule has 0 aliphatic heterocycles. The monoisotopic (exact) mass is 196 g/mol. The normalized spacial score (nSPS) is 8.33. The van der Waals surface area contributed by atoms with E-state index in [1.165, 1.54) is 16.4 Å². The number of allylic oxidation sites excluding steroid dienone is 1. The fourth-order valence-corrected chi connectivity index (χ4v) is 0.811. The van der Waals surface area contributed by atoms with Gasteiger partial charge in [0, 0.05) is 0 Å². The molecule has 0 aromatic carbocycles. The van der Waals surface area contributed by atoms with Gasteiger partial charge in [-0.2, -0.15) is 0 Å². The first-order valence-electron chi connectivity index (χ1n) is 2.10. The van der Waals surface area contributed by atoms with Crippen LogP contribution in [0.4, 0.5) is 0 Å². The van der Waals surface area contributed by atoms with Gasteiger partial charge in [0.15, 0.2) is 0 Å². The quantitative estimate of drug-likeness (QED) is 0.595. The Kier molecular flexibility index (Phi) is 3.94. The van der Waals surface area contributed by atoms with Crippen LogP contribution in [-0.2, 0) is 0 Å². The highest BCUT2D eigenvalue weighted by Crippen LogP contribution is 2.08. The van der Waals surface area contributed by atoms with Crippen molar-refractivity contribution in [2.45, 2.75) is 19.8 Å². The zero-order chi connectivity index (χ0) is 4.99. The van der Waals surface area contributed by atoms with Crippen molar-refractivity contribution in [2.24, 2.45) is 0 Å². The molecule has 6 heavy (non-hydrogen) atoms. The molecule has 0 saturated heterocycles. The second-order valence-corrected chi connectivity index (χ2v) is 2.79. The van der Waals surface area contributed by atoms with Gasteiger partial charge in [0.2, 0.25) is 0 Å². The van der Waals surface area contributed by atoms with Crippen LogP contribution in [0.5, 0.6) is 0 Å². The van der Waals surface area contributed by atoms with Crippen molar-refractivity contribution < 1.29 is 0 Å². The third-order valence-electron chi connectivity index (χ3n) is 0.521. The van der Waals surface area contributed by atoms with Gasteiger partial charge in [0.25, 0.3) is 0 Å². The fourth-order valence-electron chi connectivity index (χ4n) is 0.271. The summed E-state index contributed by atoms with van der Waals surface area (Å²) in [4.78, 5) is 0. The fraction of sp³-hybridized carbons (Fsp3) is 0.600. The molecule has 0 radical (unpaired) electrons. The minimum atomic E-state index is 1.17. The molecular weight excluding hydrogens is 187 g/mol. The van der Waals surface area contributed by atoms with Gasteiger partial charge in [-0.1, -0.05) is 19.9 Å². The molecule has 0 nitrogen and oxygen atoms in total. The van der Waals surface area contributed by atoms with Crippen LogP contribution in [0.25, 0.3) is 0 Å². The van der Waals surface area contributed by atoms with Crippen LogP contribution in [0, 0.1) is 0 Å². The first-order chi connectivity index (χ1) is 2.77. The molecule has 0 aliphatic carbocycles. The molecule has 0 saturated carbocycles. The molecule has 0 heterocycles. The molecule has 36 valence electrons. The summed E-state index contributed by atoms with van der Waals surface area (Å²) in [6.07, 6.45) is 2.39. The summed E-state index contributed by atoms with van der Waals surface area (Å²) in [5.41, 5.74) is 0. The lowest BCUT2D eigenvalue weighted by molar-refractivity contribution is 0.956. The van der Waals surface area contributed by atoms with Gasteiger partial charge in [0.05, 0.1) is 0 Å². The number of rotatable bonds is 2. The Morgan fingerprint density at radius 1 is 1.83 bits per heavy atom. The van der Waals surface area contributed by atoms with Crippen LogP contribution in [-0.4, -0.2) is 0 Å². The molecule has 0 atom stereocenters. The number of hydrogen-bond acceptors (Lipinski definition) is 0. The van der Waals surface area contributed by atoms with Crippen molar-refractivity contribution in [2.75, 3.05) is 0 Å². The second kappa shape index (κ2) is 3.65. The molecule has 0 spiro atoms. The second-order valence-electron chi connectivity index (χ2n) is 1.27. The average molecular weight is 196 g/mol. The topological polar surface area (TPSA) is 0 Å². The molecule has 1 heteroatoms. The summed E-state index contributed by atoms with van der Waals surface area (Å²) >= 11 is 2.25. The summed E-state index contributed by atoms with van der Waals surface area (Å²) in [7, 11) is 0. The van der Waals surface area contributed by atoms with Gasteiger partial charge in [0.1, 0.15) is 0 Å².